The predicted molar refractivity (Wildman–Crippen MR) is 39.4 cm³/mol. The smallest absolute Gasteiger partial charge is 0 e. The van der Waals surface area contributed by atoms with Gasteiger partial charge in [0.25, 0.3) is 0 Å². The Hall–Kier alpha value is 0.414. The molecule has 1 aliphatic rings. The average Bonchev–Trinajstić information content (AvgIpc) is 1.91. The normalized spacial score (nSPS) is 21.5. The summed E-state index contributed by atoms with van der Waals surface area (Å²) in [5, 5.41) is 2.87. The molecule has 0 heterocycles. The molecular weight excluding hydrogens is 199 g/mol. The fourth-order valence-electron chi connectivity index (χ4n) is 0.845. The average molecular weight is 210 g/mol. The third-order valence-corrected chi connectivity index (χ3v) is 1.32. The first-order valence-corrected chi connectivity index (χ1v) is 3.12. The second-order valence-corrected chi connectivity index (χ2v) is 2.08. The molecule has 0 aromatic carbocycles. The van der Waals surface area contributed by atoms with Crippen molar-refractivity contribution in [2.45, 2.75) is 0 Å². The largest absolute Gasteiger partial charge is 0.473 e. The Morgan fingerprint density at radius 1 is 1.50 bits per heavy atom. The molecule has 1 aliphatic carbocycles. The van der Waals surface area contributed by atoms with Crippen LogP contribution < -0.4 is 5.32 Å². The molecule has 1 nitrogen and oxygen atoms in total. The van der Waals surface area contributed by atoms with Crippen molar-refractivity contribution in [3.63, 3.8) is 0 Å². The van der Waals surface area contributed by atoms with Crippen molar-refractivity contribution in [3.05, 3.63) is 37.8 Å². The Balaban J connectivity index is 0.000000810. The van der Waals surface area contributed by atoms with E-state index in [-0.39, 0.29) is 32.7 Å². The van der Waals surface area contributed by atoms with Gasteiger partial charge in [-0.05, 0) is 6.54 Å². The summed E-state index contributed by atoms with van der Waals surface area (Å²) in [7, 11) is 3.55. The summed E-state index contributed by atoms with van der Waals surface area (Å²) >= 11 is 0. The molecule has 0 amide bonds. The van der Waals surface area contributed by atoms with Crippen LogP contribution in [0.3, 0.4) is 0 Å². The van der Waals surface area contributed by atoms with Crippen LogP contribution in [0.1, 0.15) is 0 Å². The van der Waals surface area contributed by atoms with Crippen LogP contribution in [0.2, 0.25) is 0 Å². The summed E-state index contributed by atoms with van der Waals surface area (Å²) < 4.78 is 0. The SMILES string of the molecule is [CH2-]NCC1C=CC=C[CH-]1.[Y]. The molecule has 0 aromatic heterocycles. The van der Waals surface area contributed by atoms with Crippen molar-refractivity contribution in [1.29, 1.82) is 0 Å². The summed E-state index contributed by atoms with van der Waals surface area (Å²) in [4.78, 5) is 0. The van der Waals surface area contributed by atoms with Crippen LogP contribution in [0.5, 0.6) is 0 Å². The first-order valence-electron chi connectivity index (χ1n) is 3.12. The maximum Gasteiger partial charge on any atom is 0 e. The minimum Gasteiger partial charge on any atom is -0.473 e. The topological polar surface area (TPSA) is 12.0 Å². The molecule has 1 atom stereocenters. The van der Waals surface area contributed by atoms with Gasteiger partial charge in [-0.1, -0.05) is 5.92 Å². The van der Waals surface area contributed by atoms with Gasteiger partial charge in [0.05, 0.1) is 0 Å². The number of hydrogen-bond acceptors (Lipinski definition) is 1. The first-order chi connectivity index (χ1) is 4.43. The Kier molecular flexibility index (Phi) is 6.40. The van der Waals surface area contributed by atoms with Crippen LogP contribution in [0.15, 0.2) is 24.3 Å². The van der Waals surface area contributed by atoms with Gasteiger partial charge in [-0.3, -0.25) is 7.05 Å². The number of nitrogens with one attached hydrogen (secondary N) is 1. The van der Waals surface area contributed by atoms with Gasteiger partial charge >= 0.3 is 0 Å². The fourth-order valence-corrected chi connectivity index (χ4v) is 0.845. The van der Waals surface area contributed by atoms with E-state index in [4.69, 9.17) is 0 Å². The van der Waals surface area contributed by atoms with Gasteiger partial charge in [0.2, 0.25) is 0 Å². The number of rotatable bonds is 2. The Labute approximate surface area is 87.8 Å². The Bertz CT molecular complexity index is 129. The van der Waals surface area contributed by atoms with Crippen molar-refractivity contribution < 1.29 is 32.7 Å². The van der Waals surface area contributed by atoms with E-state index in [1.807, 2.05) is 6.08 Å². The molecule has 10 heavy (non-hydrogen) atoms. The monoisotopic (exact) mass is 210 g/mol. The van der Waals surface area contributed by atoms with Gasteiger partial charge in [-0.15, -0.1) is 12.2 Å². The molecule has 0 aromatic rings. The number of allylic oxidation sites excluding steroid dienone is 3. The molecule has 53 valence electrons. The molecule has 1 N–H and O–H groups in total. The van der Waals surface area contributed by atoms with Crippen molar-refractivity contribution in [1.82, 2.24) is 5.32 Å². The maximum atomic E-state index is 3.55. The summed E-state index contributed by atoms with van der Waals surface area (Å²) in [5.41, 5.74) is 0. The molecule has 0 saturated carbocycles. The zero-order valence-corrected chi connectivity index (χ0v) is 8.79. The zero-order valence-electron chi connectivity index (χ0n) is 5.96. The molecule has 1 radical (unpaired) electrons. The van der Waals surface area contributed by atoms with Crippen molar-refractivity contribution in [2.75, 3.05) is 6.54 Å². The van der Waals surface area contributed by atoms with Crippen LogP contribution in [0.25, 0.3) is 0 Å². The second-order valence-electron chi connectivity index (χ2n) is 2.08. The minimum absolute atomic E-state index is 0. The summed E-state index contributed by atoms with van der Waals surface area (Å²) in [6.45, 7) is 0.931. The van der Waals surface area contributed by atoms with E-state index in [9.17, 15) is 0 Å². The second kappa shape index (κ2) is 6.15. The van der Waals surface area contributed by atoms with Crippen LogP contribution in [-0.4, -0.2) is 6.54 Å². The Morgan fingerprint density at radius 3 is 2.80 bits per heavy atom. The van der Waals surface area contributed by atoms with E-state index in [0.29, 0.717) is 5.92 Å². The van der Waals surface area contributed by atoms with E-state index >= 15 is 0 Å². The van der Waals surface area contributed by atoms with Crippen molar-refractivity contribution in [2.24, 2.45) is 5.92 Å². The van der Waals surface area contributed by atoms with Crippen molar-refractivity contribution in [3.8, 4) is 0 Å². The van der Waals surface area contributed by atoms with E-state index in [1.165, 1.54) is 0 Å². The number of hydrogen-bond donors (Lipinski definition) is 1. The van der Waals surface area contributed by atoms with E-state index < -0.39 is 0 Å². The van der Waals surface area contributed by atoms with Gasteiger partial charge in [0, 0.05) is 32.7 Å². The molecule has 0 spiro atoms. The van der Waals surface area contributed by atoms with Crippen LogP contribution in [0, 0.1) is 19.4 Å². The van der Waals surface area contributed by atoms with Gasteiger partial charge in [0.1, 0.15) is 0 Å². The zero-order chi connectivity index (χ0) is 6.53. The summed E-state index contributed by atoms with van der Waals surface area (Å²) in [6, 6.07) is 0. The quantitative estimate of drug-likeness (QED) is 0.677. The maximum absolute atomic E-state index is 3.55. The third kappa shape index (κ3) is 3.55. The Morgan fingerprint density at radius 2 is 2.30 bits per heavy atom. The fraction of sp³-hybridized carbons (Fsp3) is 0.250. The molecule has 2 heteroatoms. The van der Waals surface area contributed by atoms with Crippen LogP contribution in [-0.2, 0) is 32.7 Å². The summed E-state index contributed by atoms with van der Waals surface area (Å²) in [6.07, 6.45) is 10.4. The van der Waals surface area contributed by atoms with Gasteiger partial charge < -0.3 is 5.32 Å². The molecule has 0 aliphatic heterocycles. The standard InChI is InChI=1S/C8H11N.Y/c1-9-7-8-5-3-2-4-6-8;/h2-6,8-9H,1,7H2;/q-2;. The molecule has 1 unspecified atom stereocenters. The van der Waals surface area contributed by atoms with Gasteiger partial charge in [0.15, 0.2) is 0 Å². The first kappa shape index (κ1) is 10.4. The molecule has 1 rings (SSSR count). The molecule has 0 bridgehead atoms. The molecule has 0 fully saturated rings. The van der Waals surface area contributed by atoms with E-state index in [1.54, 1.807) is 0 Å². The van der Waals surface area contributed by atoms with E-state index in [2.05, 4.69) is 37.0 Å². The van der Waals surface area contributed by atoms with Crippen LogP contribution in [0.4, 0.5) is 0 Å². The van der Waals surface area contributed by atoms with Crippen LogP contribution >= 0.6 is 0 Å². The third-order valence-electron chi connectivity index (χ3n) is 1.32. The molecule has 0 saturated heterocycles. The van der Waals surface area contributed by atoms with E-state index in [0.717, 1.165) is 6.54 Å². The minimum atomic E-state index is 0. The summed E-state index contributed by atoms with van der Waals surface area (Å²) in [5.74, 6) is 0.535. The molecular formula is C8H11NY-2. The van der Waals surface area contributed by atoms with Gasteiger partial charge in [-0.25, -0.2) is 18.6 Å². The predicted octanol–water partition coefficient (Wildman–Crippen LogP) is 1.31. The van der Waals surface area contributed by atoms with Crippen molar-refractivity contribution >= 4 is 0 Å². The van der Waals surface area contributed by atoms with Gasteiger partial charge in [-0.2, -0.15) is 0 Å².